The molecule has 2 aliphatic heterocycles. The number of hydrogen-bond acceptors (Lipinski definition) is 3. The molecule has 0 aromatic heterocycles. The minimum absolute atomic E-state index is 0.0143. The Morgan fingerprint density at radius 1 is 1.00 bits per heavy atom. The van der Waals surface area contributed by atoms with Gasteiger partial charge in [-0.2, -0.15) is 0 Å². The fourth-order valence-corrected chi connectivity index (χ4v) is 5.39. The van der Waals surface area contributed by atoms with Gasteiger partial charge < -0.3 is 10.0 Å². The van der Waals surface area contributed by atoms with Crippen molar-refractivity contribution in [1.29, 1.82) is 0 Å². The third kappa shape index (κ3) is 3.88. The first-order valence-corrected chi connectivity index (χ1v) is 10.4. The van der Waals surface area contributed by atoms with Crippen LogP contribution in [0.15, 0.2) is 30.3 Å². The Morgan fingerprint density at radius 2 is 1.70 bits per heavy atom. The van der Waals surface area contributed by atoms with Crippen LogP contribution in [-0.4, -0.2) is 52.0 Å². The van der Waals surface area contributed by atoms with E-state index in [-0.39, 0.29) is 17.9 Å². The van der Waals surface area contributed by atoms with Gasteiger partial charge in [0.25, 0.3) is 0 Å². The molecule has 0 spiro atoms. The second-order valence-corrected chi connectivity index (χ2v) is 8.48. The Hall–Kier alpha value is -1.88. The predicted octanol–water partition coefficient (Wildman–Crippen LogP) is 3.14. The van der Waals surface area contributed by atoms with Crippen LogP contribution in [0, 0.1) is 11.8 Å². The highest BCUT2D eigenvalue weighted by molar-refractivity contribution is 5.86. The van der Waals surface area contributed by atoms with E-state index in [9.17, 15) is 14.7 Å². The second-order valence-electron chi connectivity index (χ2n) is 8.48. The summed E-state index contributed by atoms with van der Waals surface area (Å²) in [5, 5.41) is 9.68. The molecule has 2 saturated heterocycles. The average Bonchev–Trinajstić information content (AvgIpc) is 3.09. The summed E-state index contributed by atoms with van der Waals surface area (Å²) in [6.45, 7) is 2.74. The maximum atomic E-state index is 13.3. The van der Waals surface area contributed by atoms with Gasteiger partial charge >= 0.3 is 5.97 Å². The highest BCUT2D eigenvalue weighted by Crippen LogP contribution is 2.41. The molecular weight excluding hydrogens is 340 g/mol. The van der Waals surface area contributed by atoms with Crippen molar-refractivity contribution in [2.45, 2.75) is 63.6 Å². The molecule has 1 amide bonds. The lowest BCUT2D eigenvalue weighted by atomic mass is 9.84. The Kier molecular flexibility index (Phi) is 5.48. The summed E-state index contributed by atoms with van der Waals surface area (Å²) in [5.74, 6) is -0.336. The molecule has 1 saturated carbocycles. The standard InChI is InChI=1S/C22H30N2O3/c25-21(24-19-9-5-4-8-18(19)14-20(24)22(26)27)17-10-12-23(13-11-17)15-16-6-2-1-3-7-16/h1-3,6-7,17-20H,4-5,8-15H2,(H,26,27). The number of aliphatic carboxylic acids is 1. The number of fused-ring (bicyclic) bond motifs is 1. The Morgan fingerprint density at radius 3 is 2.41 bits per heavy atom. The van der Waals surface area contributed by atoms with Gasteiger partial charge in [0.1, 0.15) is 6.04 Å². The molecule has 5 nitrogen and oxygen atoms in total. The van der Waals surface area contributed by atoms with Crippen LogP contribution in [0.2, 0.25) is 0 Å². The summed E-state index contributed by atoms with van der Waals surface area (Å²) in [5.41, 5.74) is 1.30. The van der Waals surface area contributed by atoms with Gasteiger partial charge in [0.15, 0.2) is 0 Å². The number of carbonyl (C=O) groups is 2. The number of carboxylic acid groups (broad SMARTS) is 1. The number of carbonyl (C=O) groups excluding carboxylic acids is 1. The van der Waals surface area contributed by atoms with Gasteiger partial charge in [-0.05, 0) is 56.7 Å². The largest absolute Gasteiger partial charge is 0.480 e. The van der Waals surface area contributed by atoms with Crippen LogP contribution in [0.25, 0.3) is 0 Å². The first-order chi connectivity index (χ1) is 13.1. The molecule has 1 N–H and O–H groups in total. The maximum Gasteiger partial charge on any atom is 0.326 e. The van der Waals surface area contributed by atoms with Gasteiger partial charge in [-0.1, -0.05) is 43.2 Å². The SMILES string of the molecule is O=C(O)C1CC2CCCCC2N1C(=O)C1CCN(Cc2ccccc2)CC1. The van der Waals surface area contributed by atoms with Crippen LogP contribution in [0.5, 0.6) is 0 Å². The predicted molar refractivity (Wildman–Crippen MR) is 103 cm³/mol. The molecule has 3 unspecified atom stereocenters. The van der Waals surface area contributed by atoms with Gasteiger partial charge in [0, 0.05) is 18.5 Å². The molecule has 0 radical (unpaired) electrons. The van der Waals surface area contributed by atoms with Crippen LogP contribution in [0.4, 0.5) is 0 Å². The topological polar surface area (TPSA) is 60.9 Å². The van der Waals surface area contributed by atoms with E-state index in [0.717, 1.165) is 51.7 Å². The molecule has 27 heavy (non-hydrogen) atoms. The molecule has 5 heteroatoms. The second kappa shape index (κ2) is 8.01. The highest BCUT2D eigenvalue weighted by atomic mass is 16.4. The maximum absolute atomic E-state index is 13.3. The molecule has 1 aliphatic carbocycles. The average molecular weight is 370 g/mol. The third-order valence-electron chi connectivity index (χ3n) is 6.81. The number of piperidine rings is 1. The lowest BCUT2D eigenvalue weighted by molar-refractivity contribution is -0.152. The number of likely N-dealkylation sites (tertiary alicyclic amines) is 2. The van der Waals surface area contributed by atoms with Crippen molar-refractivity contribution in [2.24, 2.45) is 11.8 Å². The lowest BCUT2D eigenvalue weighted by Gasteiger charge is -2.38. The van der Waals surface area contributed by atoms with Crippen molar-refractivity contribution >= 4 is 11.9 Å². The number of hydrogen-bond donors (Lipinski definition) is 1. The number of amides is 1. The van der Waals surface area contributed by atoms with Crippen molar-refractivity contribution in [3.63, 3.8) is 0 Å². The van der Waals surface area contributed by atoms with Gasteiger partial charge in [0.05, 0.1) is 0 Å². The molecule has 146 valence electrons. The van der Waals surface area contributed by atoms with E-state index in [1.165, 1.54) is 12.0 Å². The molecular formula is C22H30N2O3. The van der Waals surface area contributed by atoms with Gasteiger partial charge in [-0.15, -0.1) is 0 Å². The normalized spacial score (nSPS) is 29.5. The first-order valence-electron chi connectivity index (χ1n) is 10.4. The van der Waals surface area contributed by atoms with E-state index in [0.29, 0.717) is 12.3 Å². The zero-order valence-electron chi connectivity index (χ0n) is 15.9. The number of carboxylic acids is 1. The summed E-state index contributed by atoms with van der Waals surface area (Å²) in [7, 11) is 0. The van der Waals surface area contributed by atoms with Crippen molar-refractivity contribution in [2.75, 3.05) is 13.1 Å². The van der Waals surface area contributed by atoms with Gasteiger partial charge in [-0.25, -0.2) is 4.79 Å². The Balaban J connectivity index is 1.38. The lowest BCUT2D eigenvalue weighted by Crippen LogP contribution is -2.50. The van der Waals surface area contributed by atoms with Gasteiger partial charge in [0.2, 0.25) is 5.91 Å². The summed E-state index contributed by atoms with van der Waals surface area (Å²) in [6.07, 6.45) is 6.68. The van der Waals surface area contributed by atoms with Crippen LogP contribution in [0.1, 0.15) is 50.5 Å². The highest BCUT2D eigenvalue weighted by Gasteiger charge is 2.48. The van der Waals surface area contributed by atoms with Crippen LogP contribution >= 0.6 is 0 Å². The molecule has 3 atom stereocenters. The number of rotatable bonds is 4. The first kappa shape index (κ1) is 18.5. The summed E-state index contributed by atoms with van der Waals surface area (Å²) >= 11 is 0. The van der Waals surface area contributed by atoms with Crippen LogP contribution < -0.4 is 0 Å². The van der Waals surface area contributed by atoms with Crippen LogP contribution in [-0.2, 0) is 16.1 Å². The fourth-order valence-electron chi connectivity index (χ4n) is 5.39. The van der Waals surface area contributed by atoms with E-state index in [1.54, 1.807) is 4.90 Å². The molecule has 3 aliphatic rings. The zero-order valence-corrected chi connectivity index (χ0v) is 15.9. The number of benzene rings is 1. The molecule has 0 bridgehead atoms. The Labute approximate surface area is 161 Å². The van der Waals surface area contributed by atoms with Crippen molar-refractivity contribution in [1.82, 2.24) is 9.80 Å². The summed E-state index contributed by atoms with van der Waals surface area (Å²) < 4.78 is 0. The zero-order chi connectivity index (χ0) is 18.8. The fraction of sp³-hybridized carbons (Fsp3) is 0.636. The third-order valence-corrected chi connectivity index (χ3v) is 6.81. The van der Waals surface area contributed by atoms with E-state index >= 15 is 0 Å². The molecule has 1 aromatic carbocycles. The van der Waals surface area contributed by atoms with Gasteiger partial charge in [-0.3, -0.25) is 9.69 Å². The quantitative estimate of drug-likeness (QED) is 0.884. The van der Waals surface area contributed by atoms with E-state index < -0.39 is 12.0 Å². The molecule has 1 aromatic rings. The van der Waals surface area contributed by atoms with Crippen LogP contribution in [0.3, 0.4) is 0 Å². The summed E-state index contributed by atoms with van der Waals surface area (Å²) in [6, 6.07) is 9.99. The molecule has 2 heterocycles. The van der Waals surface area contributed by atoms with Crippen molar-refractivity contribution in [3.8, 4) is 0 Å². The Bertz CT molecular complexity index is 669. The number of nitrogens with zero attached hydrogens (tertiary/aromatic N) is 2. The van der Waals surface area contributed by atoms with Crippen molar-refractivity contribution in [3.05, 3.63) is 35.9 Å². The minimum Gasteiger partial charge on any atom is -0.480 e. The monoisotopic (exact) mass is 370 g/mol. The minimum atomic E-state index is -0.820. The smallest absolute Gasteiger partial charge is 0.326 e. The molecule has 4 rings (SSSR count). The van der Waals surface area contributed by atoms with Crippen molar-refractivity contribution < 1.29 is 14.7 Å². The van der Waals surface area contributed by atoms with E-state index in [1.807, 2.05) is 6.07 Å². The van der Waals surface area contributed by atoms with E-state index in [4.69, 9.17) is 0 Å². The van der Waals surface area contributed by atoms with E-state index in [2.05, 4.69) is 29.2 Å². The molecule has 3 fully saturated rings. The summed E-state index contributed by atoms with van der Waals surface area (Å²) in [4.78, 5) is 29.3.